The Labute approximate surface area is 283 Å². The van der Waals surface area contributed by atoms with Crippen molar-refractivity contribution in [3.05, 3.63) is 24.3 Å². The van der Waals surface area contributed by atoms with Crippen LogP contribution in [-0.4, -0.2) is 70.7 Å². The monoisotopic (exact) mass is 674 g/mol. The molecule has 8 nitrogen and oxygen atoms in total. The predicted octanol–water partition coefficient (Wildman–Crippen LogP) is 9.47. The number of allylic oxidation sites excluding steroid dienone is 4. The highest BCUT2D eigenvalue weighted by Crippen LogP contribution is 2.38. The maximum absolute atomic E-state index is 12.2. The summed E-state index contributed by atoms with van der Waals surface area (Å²) in [5, 5.41) is 0. The number of rotatable bonds is 34. The zero-order valence-electron chi connectivity index (χ0n) is 30.5. The Hall–Kier alpha value is -1.02. The molecular formula is C37H72NO7P. The van der Waals surface area contributed by atoms with Crippen molar-refractivity contribution in [1.29, 1.82) is 0 Å². The molecule has 2 atom stereocenters. The zero-order chi connectivity index (χ0) is 34.2. The minimum atomic E-state index is -4.49. The van der Waals surface area contributed by atoms with Crippen molar-refractivity contribution in [1.82, 2.24) is 0 Å². The minimum Gasteiger partial charge on any atom is -0.756 e. The van der Waals surface area contributed by atoms with Crippen molar-refractivity contribution in [3.8, 4) is 0 Å². The van der Waals surface area contributed by atoms with E-state index in [1.54, 1.807) is 0 Å². The van der Waals surface area contributed by atoms with Crippen LogP contribution in [0.3, 0.4) is 0 Å². The molecule has 0 aromatic heterocycles. The van der Waals surface area contributed by atoms with Crippen molar-refractivity contribution in [2.24, 2.45) is 0 Å². The molecule has 0 spiro atoms. The number of phosphoric ester groups is 1. The number of carbonyl (C=O) groups is 1. The fourth-order valence-corrected chi connectivity index (χ4v) is 5.52. The summed E-state index contributed by atoms with van der Waals surface area (Å²) in [6.45, 7) is 5.14. The number of phosphoric acid groups is 1. The molecule has 0 aromatic carbocycles. The lowest BCUT2D eigenvalue weighted by molar-refractivity contribution is -0.870. The summed E-state index contributed by atoms with van der Waals surface area (Å²) < 4.78 is 33.9. The van der Waals surface area contributed by atoms with Crippen LogP contribution in [0.25, 0.3) is 0 Å². The van der Waals surface area contributed by atoms with Crippen molar-refractivity contribution in [3.63, 3.8) is 0 Å². The third-order valence-electron chi connectivity index (χ3n) is 7.76. The van der Waals surface area contributed by atoms with E-state index in [1.165, 1.54) is 96.3 Å². The van der Waals surface area contributed by atoms with Crippen LogP contribution in [0.2, 0.25) is 0 Å². The second-order valence-corrected chi connectivity index (χ2v) is 15.0. The van der Waals surface area contributed by atoms with Crippen LogP contribution in [0.15, 0.2) is 24.3 Å². The van der Waals surface area contributed by atoms with Gasteiger partial charge in [0.15, 0.2) is 0 Å². The number of hydrogen-bond acceptors (Lipinski definition) is 7. The Morgan fingerprint density at radius 3 is 1.74 bits per heavy atom. The van der Waals surface area contributed by atoms with E-state index in [1.807, 2.05) is 28.1 Å². The molecule has 272 valence electrons. The molecule has 0 radical (unpaired) electrons. The normalized spacial score (nSPS) is 14.3. The van der Waals surface area contributed by atoms with E-state index in [2.05, 4.69) is 31.2 Å². The zero-order valence-corrected chi connectivity index (χ0v) is 31.4. The molecule has 46 heavy (non-hydrogen) atoms. The minimum absolute atomic E-state index is 0.0252. The number of nitrogens with zero attached hydrogens (tertiary/aromatic N) is 1. The summed E-state index contributed by atoms with van der Waals surface area (Å²) in [5.41, 5.74) is 0. The molecule has 0 aromatic rings. The molecular weight excluding hydrogens is 601 g/mol. The number of unbranched alkanes of at least 4 members (excludes halogenated alkanes) is 16. The van der Waals surface area contributed by atoms with E-state index in [-0.39, 0.29) is 32.2 Å². The van der Waals surface area contributed by atoms with Gasteiger partial charge in [0.05, 0.1) is 34.4 Å². The fraction of sp³-hybridized carbons (Fsp3) is 0.865. The van der Waals surface area contributed by atoms with Gasteiger partial charge in [0.25, 0.3) is 7.82 Å². The van der Waals surface area contributed by atoms with Gasteiger partial charge in [-0.2, -0.15) is 0 Å². The van der Waals surface area contributed by atoms with Crippen molar-refractivity contribution in [2.75, 3.05) is 54.1 Å². The van der Waals surface area contributed by atoms with Crippen LogP contribution in [-0.2, 0) is 27.9 Å². The lowest BCUT2D eigenvalue weighted by Crippen LogP contribution is -2.37. The van der Waals surface area contributed by atoms with Gasteiger partial charge in [-0.1, -0.05) is 122 Å². The number of carbonyl (C=O) groups excluding carboxylic acids is 1. The van der Waals surface area contributed by atoms with Gasteiger partial charge < -0.3 is 27.9 Å². The molecule has 0 amide bonds. The SMILES string of the molecule is CCCCCCC/C=C\C/C=C\CCCCCCCCCCCCOCC(COP(=O)([O-])OCC[N+](C)(C)C)OC(=O)CCCC. The van der Waals surface area contributed by atoms with Gasteiger partial charge in [0.1, 0.15) is 19.3 Å². The second-order valence-electron chi connectivity index (χ2n) is 13.6. The van der Waals surface area contributed by atoms with Gasteiger partial charge in [-0.3, -0.25) is 9.36 Å². The number of hydrogen-bond donors (Lipinski definition) is 0. The Balaban J connectivity index is 3.85. The van der Waals surface area contributed by atoms with Crippen LogP contribution >= 0.6 is 7.82 Å². The van der Waals surface area contributed by atoms with Crippen molar-refractivity contribution < 1.29 is 37.3 Å². The van der Waals surface area contributed by atoms with Crippen LogP contribution < -0.4 is 4.89 Å². The quantitative estimate of drug-likeness (QED) is 0.0221. The number of likely N-dealkylation sites (N-methyl/N-ethyl adjacent to an activating group) is 1. The first-order chi connectivity index (χ1) is 22.1. The average Bonchev–Trinajstić information content (AvgIpc) is 3.00. The first-order valence-corrected chi connectivity index (χ1v) is 20.0. The summed E-state index contributed by atoms with van der Waals surface area (Å²) in [5.74, 6) is -0.371. The highest BCUT2D eigenvalue weighted by atomic mass is 31.2. The van der Waals surface area contributed by atoms with E-state index in [0.717, 1.165) is 32.1 Å². The van der Waals surface area contributed by atoms with Gasteiger partial charge in [-0.05, 0) is 44.9 Å². The molecule has 0 bridgehead atoms. The Morgan fingerprint density at radius 2 is 1.20 bits per heavy atom. The second kappa shape index (κ2) is 31.3. The number of quaternary nitrogens is 1. The van der Waals surface area contributed by atoms with E-state index in [4.69, 9.17) is 18.5 Å². The largest absolute Gasteiger partial charge is 0.756 e. The molecule has 2 unspecified atom stereocenters. The Bertz CT molecular complexity index is 797. The molecule has 0 aliphatic heterocycles. The van der Waals surface area contributed by atoms with Gasteiger partial charge >= 0.3 is 5.97 Å². The molecule has 0 aliphatic carbocycles. The average molecular weight is 674 g/mol. The van der Waals surface area contributed by atoms with E-state index in [9.17, 15) is 14.3 Å². The molecule has 0 rings (SSSR count). The first kappa shape index (κ1) is 45.0. The van der Waals surface area contributed by atoms with Crippen molar-refractivity contribution in [2.45, 2.75) is 155 Å². The summed E-state index contributed by atoms with van der Waals surface area (Å²) in [6.07, 6.45) is 33.0. The van der Waals surface area contributed by atoms with Crippen LogP contribution in [0, 0.1) is 0 Å². The third kappa shape index (κ3) is 34.3. The lowest BCUT2D eigenvalue weighted by atomic mass is 10.1. The van der Waals surface area contributed by atoms with E-state index in [0.29, 0.717) is 17.6 Å². The summed E-state index contributed by atoms with van der Waals surface area (Å²) in [7, 11) is 1.35. The van der Waals surface area contributed by atoms with Crippen LogP contribution in [0.5, 0.6) is 0 Å². The Kier molecular flexibility index (Phi) is 30.6. The number of esters is 1. The standard InChI is InChI=1S/C37H72NO7P/c1-6-8-10-11-12-13-14-15-16-17-18-19-20-21-22-23-24-25-26-27-28-29-32-42-34-36(45-37(39)30-9-7-2)35-44-46(40,41)43-33-31-38(3,4)5/h14-15,17-18,36H,6-13,16,19-35H2,1-5H3/b15-14-,18-17-. The smallest absolute Gasteiger partial charge is 0.306 e. The maximum atomic E-state index is 12.2. The number of ether oxygens (including phenoxy) is 2. The predicted molar refractivity (Wildman–Crippen MR) is 190 cm³/mol. The Morgan fingerprint density at radius 1 is 0.674 bits per heavy atom. The van der Waals surface area contributed by atoms with Crippen molar-refractivity contribution >= 4 is 13.8 Å². The highest BCUT2D eigenvalue weighted by Gasteiger charge is 2.20. The fourth-order valence-electron chi connectivity index (χ4n) is 4.79. The van der Waals surface area contributed by atoms with E-state index < -0.39 is 13.9 Å². The van der Waals surface area contributed by atoms with Crippen LogP contribution in [0.1, 0.15) is 149 Å². The molecule has 0 heterocycles. The van der Waals surface area contributed by atoms with E-state index >= 15 is 0 Å². The molecule has 0 aliphatic rings. The van der Waals surface area contributed by atoms with Gasteiger partial charge in [-0.25, -0.2) is 0 Å². The molecule has 9 heteroatoms. The van der Waals surface area contributed by atoms with Crippen LogP contribution in [0.4, 0.5) is 0 Å². The van der Waals surface area contributed by atoms with Gasteiger partial charge in [-0.15, -0.1) is 0 Å². The van der Waals surface area contributed by atoms with Gasteiger partial charge in [0, 0.05) is 13.0 Å². The molecule has 0 N–H and O–H groups in total. The third-order valence-corrected chi connectivity index (χ3v) is 8.72. The first-order valence-electron chi connectivity index (χ1n) is 18.6. The molecule has 0 saturated heterocycles. The summed E-state index contributed by atoms with van der Waals surface area (Å²) in [4.78, 5) is 24.3. The highest BCUT2D eigenvalue weighted by molar-refractivity contribution is 7.45. The summed E-state index contributed by atoms with van der Waals surface area (Å²) in [6, 6.07) is 0. The molecule has 0 saturated carbocycles. The lowest BCUT2D eigenvalue weighted by Gasteiger charge is -2.28. The maximum Gasteiger partial charge on any atom is 0.306 e. The molecule has 0 fully saturated rings. The summed E-state index contributed by atoms with van der Waals surface area (Å²) >= 11 is 0. The van der Waals surface area contributed by atoms with Gasteiger partial charge in [0.2, 0.25) is 0 Å². The topological polar surface area (TPSA) is 94.1 Å².